The molecule has 1 aliphatic heterocycles. The summed E-state index contributed by atoms with van der Waals surface area (Å²) >= 11 is 0. The van der Waals surface area contributed by atoms with Crippen molar-refractivity contribution >= 4 is 11.9 Å². The van der Waals surface area contributed by atoms with Crippen molar-refractivity contribution in [2.24, 2.45) is 5.41 Å². The van der Waals surface area contributed by atoms with E-state index >= 15 is 0 Å². The van der Waals surface area contributed by atoms with Crippen LogP contribution in [0, 0.1) is 5.41 Å². The molecule has 0 aromatic carbocycles. The minimum atomic E-state index is -4.80. The largest absolute Gasteiger partial charge is 0.460 e. The molecule has 0 N–H and O–H groups in total. The summed E-state index contributed by atoms with van der Waals surface area (Å²) < 4.78 is 55.9. The molecule has 3 rings (SSSR count). The van der Waals surface area contributed by atoms with E-state index in [2.05, 4.69) is 0 Å². The zero-order chi connectivity index (χ0) is 16.2. The molecule has 3 aliphatic rings. The maximum absolute atomic E-state index is 13.4. The van der Waals surface area contributed by atoms with Gasteiger partial charge in [0, 0.05) is 26.2 Å². The van der Waals surface area contributed by atoms with Crippen LogP contribution in [0.15, 0.2) is 0 Å². The summed E-state index contributed by atoms with van der Waals surface area (Å²) in [7, 11) is 0. The standard InChI is InChI=1S/C14H17F3O5/c1-8(18)20-9-7-13(14(15,16)17)10(9)21-12(22-11(13)19)5-3-2-4-6-12/h9-10H,2-7H2,1H3/t9-,10+,13+/m0/s1. The molecule has 124 valence electrons. The van der Waals surface area contributed by atoms with Crippen molar-refractivity contribution in [2.75, 3.05) is 0 Å². The lowest BCUT2D eigenvalue weighted by molar-refractivity contribution is -0.402. The second-order valence-electron chi connectivity index (χ2n) is 6.22. The molecule has 1 spiro atoms. The highest BCUT2D eigenvalue weighted by Crippen LogP contribution is 2.61. The highest BCUT2D eigenvalue weighted by atomic mass is 19.4. The summed E-state index contributed by atoms with van der Waals surface area (Å²) in [5, 5.41) is 0. The van der Waals surface area contributed by atoms with Crippen molar-refractivity contribution in [2.45, 2.75) is 69.6 Å². The Bertz CT molecular complexity index is 497. The van der Waals surface area contributed by atoms with E-state index in [1.165, 1.54) is 0 Å². The number of halogens is 3. The van der Waals surface area contributed by atoms with Gasteiger partial charge in [-0.05, 0) is 12.8 Å². The number of carbonyl (C=O) groups excluding carboxylic acids is 2. The molecular formula is C14H17F3O5. The predicted molar refractivity (Wildman–Crippen MR) is 65.4 cm³/mol. The van der Waals surface area contributed by atoms with E-state index in [-0.39, 0.29) is 0 Å². The van der Waals surface area contributed by atoms with E-state index in [9.17, 15) is 22.8 Å². The average molecular weight is 322 g/mol. The number of fused-ring (bicyclic) bond motifs is 1. The van der Waals surface area contributed by atoms with Crippen LogP contribution in [0.2, 0.25) is 0 Å². The number of alkyl halides is 3. The fourth-order valence-corrected chi connectivity index (χ4v) is 3.61. The van der Waals surface area contributed by atoms with Crippen LogP contribution in [-0.4, -0.2) is 36.1 Å². The van der Waals surface area contributed by atoms with Gasteiger partial charge in [0.25, 0.3) is 0 Å². The van der Waals surface area contributed by atoms with Crippen LogP contribution in [0.3, 0.4) is 0 Å². The van der Waals surface area contributed by atoms with Crippen LogP contribution in [-0.2, 0) is 23.8 Å². The van der Waals surface area contributed by atoms with Gasteiger partial charge >= 0.3 is 18.1 Å². The molecule has 3 atom stereocenters. The molecule has 5 nitrogen and oxygen atoms in total. The quantitative estimate of drug-likeness (QED) is 0.694. The van der Waals surface area contributed by atoms with Crippen molar-refractivity contribution in [3.8, 4) is 0 Å². The molecule has 0 aromatic rings. The van der Waals surface area contributed by atoms with Gasteiger partial charge in [-0.2, -0.15) is 13.2 Å². The van der Waals surface area contributed by atoms with E-state index in [4.69, 9.17) is 14.2 Å². The Hall–Kier alpha value is -1.31. The van der Waals surface area contributed by atoms with Crippen molar-refractivity contribution in [1.82, 2.24) is 0 Å². The summed E-state index contributed by atoms with van der Waals surface area (Å²) in [5.74, 6) is -3.30. The minimum Gasteiger partial charge on any atom is -0.460 e. The van der Waals surface area contributed by atoms with Crippen LogP contribution < -0.4 is 0 Å². The predicted octanol–water partition coefficient (Wildman–Crippen LogP) is 2.47. The summed E-state index contributed by atoms with van der Waals surface area (Å²) in [5.41, 5.74) is -2.71. The summed E-state index contributed by atoms with van der Waals surface area (Å²) in [6.45, 7) is 1.12. The first-order chi connectivity index (χ1) is 10.2. The molecule has 3 fully saturated rings. The van der Waals surface area contributed by atoms with Crippen LogP contribution in [0.5, 0.6) is 0 Å². The number of hydrogen-bond acceptors (Lipinski definition) is 5. The third kappa shape index (κ3) is 2.11. The number of ether oxygens (including phenoxy) is 3. The van der Waals surface area contributed by atoms with Crippen LogP contribution >= 0.6 is 0 Å². The lowest BCUT2D eigenvalue weighted by atomic mass is 9.62. The second kappa shape index (κ2) is 4.84. The van der Waals surface area contributed by atoms with Crippen LogP contribution in [0.4, 0.5) is 13.2 Å². The molecule has 1 heterocycles. The first kappa shape index (κ1) is 15.6. The van der Waals surface area contributed by atoms with Gasteiger partial charge < -0.3 is 14.2 Å². The van der Waals surface area contributed by atoms with Crippen molar-refractivity contribution in [3.05, 3.63) is 0 Å². The SMILES string of the molecule is CC(=O)O[C@H]1C[C@]2(C(F)(F)F)C(=O)OC3(CCCCC3)O[C@H]12. The van der Waals surface area contributed by atoms with Gasteiger partial charge in [0.2, 0.25) is 5.79 Å². The van der Waals surface area contributed by atoms with Crippen molar-refractivity contribution < 1.29 is 37.0 Å². The summed E-state index contributed by atoms with van der Waals surface area (Å²) in [6.07, 6.45) is -4.93. The Morgan fingerprint density at radius 2 is 1.91 bits per heavy atom. The second-order valence-corrected chi connectivity index (χ2v) is 6.22. The molecule has 1 saturated heterocycles. The Morgan fingerprint density at radius 1 is 1.27 bits per heavy atom. The Labute approximate surface area is 125 Å². The van der Waals surface area contributed by atoms with E-state index < -0.39 is 47.9 Å². The lowest BCUT2D eigenvalue weighted by Crippen LogP contribution is -2.75. The zero-order valence-corrected chi connectivity index (χ0v) is 12.1. The minimum absolute atomic E-state index is 0.371. The normalized spacial score (nSPS) is 37.0. The zero-order valence-electron chi connectivity index (χ0n) is 12.1. The first-order valence-corrected chi connectivity index (χ1v) is 7.35. The Morgan fingerprint density at radius 3 is 2.45 bits per heavy atom. The Kier molecular flexibility index (Phi) is 3.43. The highest BCUT2D eigenvalue weighted by Gasteiger charge is 2.79. The number of carbonyl (C=O) groups is 2. The third-order valence-corrected chi connectivity index (χ3v) is 4.77. The van der Waals surface area contributed by atoms with E-state index in [0.29, 0.717) is 12.8 Å². The van der Waals surface area contributed by atoms with Gasteiger partial charge in [0.15, 0.2) is 5.41 Å². The molecule has 0 amide bonds. The van der Waals surface area contributed by atoms with Gasteiger partial charge in [0.05, 0.1) is 0 Å². The number of hydrogen-bond donors (Lipinski definition) is 0. The molecule has 22 heavy (non-hydrogen) atoms. The van der Waals surface area contributed by atoms with E-state index in [0.717, 1.165) is 26.2 Å². The molecule has 0 aromatic heterocycles. The molecule has 0 unspecified atom stereocenters. The van der Waals surface area contributed by atoms with Gasteiger partial charge in [-0.1, -0.05) is 6.42 Å². The average Bonchev–Trinajstić information content (AvgIpc) is 2.38. The molecular weight excluding hydrogens is 305 g/mol. The van der Waals surface area contributed by atoms with E-state index in [1.54, 1.807) is 0 Å². The molecule has 0 radical (unpaired) electrons. The summed E-state index contributed by atoms with van der Waals surface area (Å²) in [4.78, 5) is 23.2. The van der Waals surface area contributed by atoms with Gasteiger partial charge in [-0.3, -0.25) is 9.59 Å². The smallest absolute Gasteiger partial charge is 0.407 e. The van der Waals surface area contributed by atoms with Gasteiger partial charge in [-0.25, -0.2) is 0 Å². The monoisotopic (exact) mass is 322 g/mol. The number of rotatable bonds is 1. The first-order valence-electron chi connectivity index (χ1n) is 7.35. The maximum atomic E-state index is 13.4. The molecule has 0 bridgehead atoms. The lowest BCUT2D eigenvalue weighted by Gasteiger charge is -2.58. The number of esters is 2. The van der Waals surface area contributed by atoms with Crippen LogP contribution in [0.25, 0.3) is 0 Å². The fourth-order valence-electron chi connectivity index (χ4n) is 3.61. The summed E-state index contributed by atoms with van der Waals surface area (Å²) in [6, 6.07) is 0. The molecule has 2 saturated carbocycles. The Balaban J connectivity index is 1.90. The fraction of sp³-hybridized carbons (Fsp3) is 0.857. The third-order valence-electron chi connectivity index (χ3n) is 4.77. The van der Waals surface area contributed by atoms with Crippen molar-refractivity contribution in [3.63, 3.8) is 0 Å². The van der Waals surface area contributed by atoms with E-state index in [1.807, 2.05) is 0 Å². The van der Waals surface area contributed by atoms with Gasteiger partial charge in [0.1, 0.15) is 12.2 Å². The van der Waals surface area contributed by atoms with Gasteiger partial charge in [-0.15, -0.1) is 0 Å². The van der Waals surface area contributed by atoms with Crippen molar-refractivity contribution in [1.29, 1.82) is 0 Å². The maximum Gasteiger partial charge on any atom is 0.407 e. The topological polar surface area (TPSA) is 61.8 Å². The van der Waals surface area contributed by atoms with Crippen LogP contribution in [0.1, 0.15) is 45.4 Å². The highest BCUT2D eigenvalue weighted by molar-refractivity contribution is 5.82. The molecule has 2 aliphatic carbocycles. The molecule has 8 heteroatoms.